The lowest BCUT2D eigenvalue weighted by Crippen LogP contribution is -2.54. The van der Waals surface area contributed by atoms with Crippen LogP contribution in [0.1, 0.15) is 25.1 Å². The van der Waals surface area contributed by atoms with Gasteiger partial charge in [-0.25, -0.2) is 8.78 Å². The van der Waals surface area contributed by atoms with Crippen molar-refractivity contribution in [2.75, 3.05) is 30.6 Å². The first-order valence-corrected chi connectivity index (χ1v) is 10.4. The van der Waals surface area contributed by atoms with Gasteiger partial charge in [-0.05, 0) is 18.1 Å². The minimum atomic E-state index is -1.38. The number of methoxy groups -OCH3 is 2. The maximum Gasteiger partial charge on any atom is 0.243 e. The molecule has 0 fully saturated rings. The molecule has 1 amide bonds. The van der Waals surface area contributed by atoms with Crippen molar-refractivity contribution in [2.24, 2.45) is 5.92 Å². The Kier molecular flexibility index (Phi) is 7.37. The highest BCUT2D eigenvalue weighted by molar-refractivity contribution is 5.86. The number of halogens is 2. The third-order valence-electron chi connectivity index (χ3n) is 5.25. The molecular formula is C23H28F2N4O4. The number of anilines is 2. The Morgan fingerprint density at radius 2 is 1.94 bits per heavy atom. The van der Waals surface area contributed by atoms with Crippen LogP contribution in [-0.2, 0) is 17.9 Å². The van der Waals surface area contributed by atoms with Crippen LogP contribution in [0.4, 0.5) is 20.2 Å². The molecule has 1 aliphatic heterocycles. The van der Waals surface area contributed by atoms with Gasteiger partial charge in [0.25, 0.3) is 0 Å². The largest absolute Gasteiger partial charge is 0.493 e. The quantitative estimate of drug-likeness (QED) is 0.584. The second kappa shape index (κ2) is 10.0. The van der Waals surface area contributed by atoms with Crippen molar-refractivity contribution < 1.29 is 28.2 Å². The topological polar surface area (TPSA) is 87.2 Å². The van der Waals surface area contributed by atoms with Gasteiger partial charge in [0, 0.05) is 30.1 Å². The fourth-order valence-electron chi connectivity index (χ4n) is 3.71. The average Bonchev–Trinajstić information content (AvgIpc) is 2.80. The standard InChI is InChI=1S/C23H28F2N4O4/c1-6-19(30)27-10-15-7-16-14(9-26-15)12-29(23(31)28(16)11-13(2)3)22-20(24)17(32-4)8-18(33-5)21(22)25/h6-9,13,23,31H,1,10-12H2,2-5H3,(H,27,30). The van der Waals surface area contributed by atoms with E-state index in [2.05, 4.69) is 16.9 Å². The van der Waals surface area contributed by atoms with E-state index in [4.69, 9.17) is 9.47 Å². The molecule has 178 valence electrons. The van der Waals surface area contributed by atoms with Crippen molar-refractivity contribution in [1.29, 1.82) is 0 Å². The van der Waals surface area contributed by atoms with Crippen LogP contribution in [-0.4, -0.2) is 43.1 Å². The van der Waals surface area contributed by atoms with E-state index in [1.54, 1.807) is 17.2 Å². The second-order valence-corrected chi connectivity index (χ2v) is 8.00. The van der Waals surface area contributed by atoms with Crippen molar-refractivity contribution in [1.82, 2.24) is 10.3 Å². The number of fused-ring (bicyclic) bond motifs is 1. The first kappa shape index (κ1) is 24.2. The molecule has 0 aliphatic carbocycles. The number of nitrogens with one attached hydrogen (secondary N) is 1. The number of pyridine rings is 1. The van der Waals surface area contributed by atoms with E-state index in [0.29, 0.717) is 23.5 Å². The van der Waals surface area contributed by atoms with Gasteiger partial charge in [0.1, 0.15) is 5.69 Å². The Bertz CT molecular complexity index is 1020. The summed E-state index contributed by atoms with van der Waals surface area (Å²) in [5.41, 5.74) is 1.43. The Morgan fingerprint density at radius 3 is 2.48 bits per heavy atom. The molecule has 1 aromatic heterocycles. The molecule has 0 radical (unpaired) electrons. The van der Waals surface area contributed by atoms with Crippen LogP contribution in [0.3, 0.4) is 0 Å². The van der Waals surface area contributed by atoms with Crippen LogP contribution in [0.2, 0.25) is 0 Å². The van der Waals surface area contributed by atoms with Gasteiger partial charge < -0.3 is 29.7 Å². The van der Waals surface area contributed by atoms with Gasteiger partial charge in [-0.15, -0.1) is 0 Å². The van der Waals surface area contributed by atoms with Crippen molar-refractivity contribution >= 4 is 17.3 Å². The minimum Gasteiger partial charge on any atom is -0.493 e. The lowest BCUT2D eigenvalue weighted by atomic mass is 10.1. The molecule has 2 N–H and O–H groups in total. The normalized spacial score (nSPS) is 15.3. The summed E-state index contributed by atoms with van der Waals surface area (Å²) in [6, 6.07) is 2.87. The van der Waals surface area contributed by atoms with Gasteiger partial charge in [0.2, 0.25) is 12.3 Å². The van der Waals surface area contributed by atoms with E-state index >= 15 is 8.78 Å². The van der Waals surface area contributed by atoms with Crippen LogP contribution >= 0.6 is 0 Å². The van der Waals surface area contributed by atoms with Gasteiger partial charge in [-0.1, -0.05) is 20.4 Å². The molecule has 1 unspecified atom stereocenters. The number of ether oxygens (including phenoxy) is 2. The number of aliphatic hydroxyl groups is 1. The SMILES string of the molecule is C=CC(=O)NCc1cc2c(cn1)CN(c1c(F)c(OC)cc(OC)c1F)C(O)N2CC(C)C. The summed E-state index contributed by atoms with van der Waals surface area (Å²) in [6.07, 6.45) is 1.36. The number of rotatable bonds is 8. The zero-order valence-electron chi connectivity index (χ0n) is 19.1. The van der Waals surface area contributed by atoms with E-state index in [9.17, 15) is 9.90 Å². The van der Waals surface area contributed by atoms with Crippen molar-refractivity contribution in [2.45, 2.75) is 33.3 Å². The predicted octanol–water partition coefficient (Wildman–Crippen LogP) is 2.94. The lowest BCUT2D eigenvalue weighted by molar-refractivity contribution is -0.116. The van der Waals surface area contributed by atoms with Crippen molar-refractivity contribution in [3.8, 4) is 11.5 Å². The van der Waals surface area contributed by atoms with Crippen molar-refractivity contribution in [3.05, 3.63) is 53.9 Å². The van der Waals surface area contributed by atoms with Crippen molar-refractivity contribution in [3.63, 3.8) is 0 Å². The van der Waals surface area contributed by atoms with E-state index in [1.165, 1.54) is 19.1 Å². The maximum atomic E-state index is 15.2. The third kappa shape index (κ3) is 4.85. The van der Waals surface area contributed by atoms with E-state index in [0.717, 1.165) is 12.1 Å². The first-order valence-electron chi connectivity index (χ1n) is 10.4. The minimum absolute atomic E-state index is 0.0123. The highest BCUT2D eigenvalue weighted by Crippen LogP contribution is 2.41. The second-order valence-electron chi connectivity index (χ2n) is 8.00. The highest BCUT2D eigenvalue weighted by atomic mass is 19.1. The summed E-state index contributed by atoms with van der Waals surface area (Å²) in [6.45, 7) is 7.91. The molecule has 0 saturated heterocycles. The van der Waals surface area contributed by atoms with Gasteiger partial charge in [0.15, 0.2) is 23.1 Å². The summed E-state index contributed by atoms with van der Waals surface area (Å²) in [4.78, 5) is 18.7. The molecule has 1 aromatic carbocycles. The molecule has 8 nitrogen and oxygen atoms in total. The smallest absolute Gasteiger partial charge is 0.243 e. The Hall–Kier alpha value is -3.40. The molecule has 0 bridgehead atoms. The zero-order valence-corrected chi connectivity index (χ0v) is 19.1. The Labute approximate surface area is 191 Å². The molecular weight excluding hydrogens is 434 g/mol. The van der Waals surface area contributed by atoms with Gasteiger partial charge in [0.05, 0.1) is 33.0 Å². The molecule has 10 heteroatoms. The number of hydrogen-bond acceptors (Lipinski definition) is 7. The first-order chi connectivity index (χ1) is 15.7. The summed E-state index contributed by atoms with van der Waals surface area (Å²) in [7, 11) is 2.53. The summed E-state index contributed by atoms with van der Waals surface area (Å²) < 4.78 is 40.5. The Morgan fingerprint density at radius 1 is 1.30 bits per heavy atom. The number of hydrogen-bond donors (Lipinski definition) is 2. The van der Waals surface area contributed by atoms with Crippen LogP contribution in [0.5, 0.6) is 11.5 Å². The van der Waals surface area contributed by atoms with Crippen LogP contribution in [0.25, 0.3) is 0 Å². The molecule has 1 atom stereocenters. The van der Waals surface area contributed by atoms with Gasteiger partial charge in [-0.3, -0.25) is 9.78 Å². The van der Waals surface area contributed by atoms with Crippen LogP contribution in [0, 0.1) is 17.6 Å². The molecule has 0 spiro atoms. The Balaban J connectivity index is 2.08. The van der Waals surface area contributed by atoms with E-state index in [-0.39, 0.29) is 36.4 Å². The number of carbonyl (C=O) groups is 1. The monoisotopic (exact) mass is 462 g/mol. The number of aliphatic hydroxyl groups excluding tert-OH is 1. The third-order valence-corrected chi connectivity index (χ3v) is 5.25. The lowest BCUT2D eigenvalue weighted by Gasteiger charge is -2.44. The molecule has 1 aliphatic rings. The number of carbonyl (C=O) groups excluding carboxylic acids is 1. The maximum absolute atomic E-state index is 15.2. The zero-order chi connectivity index (χ0) is 24.3. The summed E-state index contributed by atoms with van der Waals surface area (Å²) in [5.74, 6) is -2.51. The fourth-order valence-corrected chi connectivity index (χ4v) is 3.71. The van der Waals surface area contributed by atoms with E-state index < -0.39 is 23.7 Å². The molecule has 33 heavy (non-hydrogen) atoms. The molecule has 2 heterocycles. The summed E-state index contributed by atoms with van der Waals surface area (Å²) in [5, 5.41) is 13.9. The van der Waals surface area contributed by atoms with Gasteiger partial charge in [-0.2, -0.15) is 0 Å². The van der Waals surface area contributed by atoms with E-state index in [1.807, 2.05) is 13.8 Å². The van der Waals surface area contributed by atoms with Gasteiger partial charge >= 0.3 is 0 Å². The number of benzene rings is 1. The highest BCUT2D eigenvalue weighted by Gasteiger charge is 2.36. The van der Waals surface area contributed by atoms with Crippen LogP contribution < -0.4 is 24.6 Å². The fraction of sp³-hybridized carbons (Fsp3) is 0.391. The van der Waals surface area contributed by atoms with Crippen LogP contribution in [0.15, 0.2) is 31.0 Å². The predicted molar refractivity (Wildman–Crippen MR) is 120 cm³/mol. The number of aromatic nitrogens is 1. The average molecular weight is 462 g/mol. The molecule has 3 rings (SSSR count). The number of amides is 1. The molecule has 2 aromatic rings. The number of nitrogens with zero attached hydrogens (tertiary/aromatic N) is 3. The summed E-state index contributed by atoms with van der Waals surface area (Å²) >= 11 is 0. The molecule has 0 saturated carbocycles.